The van der Waals surface area contributed by atoms with Crippen LogP contribution in [-0.2, 0) is 14.3 Å². The highest BCUT2D eigenvalue weighted by atomic mass is 16.5. The first-order valence-electron chi connectivity index (χ1n) is 12.5. The van der Waals surface area contributed by atoms with Crippen LogP contribution in [-0.4, -0.2) is 36.1 Å². The molecular formula is C31H25NO7. The smallest absolute Gasteiger partial charge is 0.343 e. The van der Waals surface area contributed by atoms with Crippen LogP contribution in [0.5, 0.6) is 5.75 Å². The van der Waals surface area contributed by atoms with Gasteiger partial charge in [0.1, 0.15) is 5.75 Å². The molecule has 2 aliphatic rings. The van der Waals surface area contributed by atoms with Gasteiger partial charge in [0.25, 0.3) is 0 Å². The van der Waals surface area contributed by atoms with E-state index in [1.165, 1.54) is 53.4 Å². The molecule has 1 fully saturated rings. The van der Waals surface area contributed by atoms with E-state index in [0.29, 0.717) is 24.1 Å². The number of nitrogens with zero attached hydrogens (tertiary/aromatic N) is 1. The van der Waals surface area contributed by atoms with Crippen molar-refractivity contribution in [1.82, 2.24) is 0 Å². The first-order valence-corrected chi connectivity index (χ1v) is 12.5. The van der Waals surface area contributed by atoms with Crippen LogP contribution in [0.25, 0.3) is 0 Å². The summed E-state index contributed by atoms with van der Waals surface area (Å²) < 4.78 is 10.5. The van der Waals surface area contributed by atoms with Crippen LogP contribution in [0.15, 0.2) is 84.9 Å². The second-order valence-electron chi connectivity index (χ2n) is 9.49. The van der Waals surface area contributed by atoms with Crippen molar-refractivity contribution in [3.8, 4) is 5.75 Å². The number of carbonyl (C=O) groups excluding carboxylic acids is 5. The molecule has 5 rings (SSSR count). The van der Waals surface area contributed by atoms with Gasteiger partial charge in [0.15, 0.2) is 12.4 Å². The molecule has 8 heteroatoms. The Labute approximate surface area is 224 Å². The highest BCUT2D eigenvalue weighted by Gasteiger charge is 2.47. The van der Waals surface area contributed by atoms with Crippen molar-refractivity contribution in [2.75, 3.05) is 11.5 Å². The molecule has 3 aromatic rings. The van der Waals surface area contributed by atoms with Crippen LogP contribution in [0.2, 0.25) is 0 Å². The predicted octanol–water partition coefficient (Wildman–Crippen LogP) is 4.71. The lowest BCUT2D eigenvalue weighted by atomic mass is 9.85. The van der Waals surface area contributed by atoms with Crippen LogP contribution < -0.4 is 9.64 Å². The summed E-state index contributed by atoms with van der Waals surface area (Å²) in [5, 5.41) is 0. The number of hydrogen-bond acceptors (Lipinski definition) is 7. The number of benzene rings is 3. The fourth-order valence-electron chi connectivity index (χ4n) is 4.66. The third-order valence-corrected chi connectivity index (χ3v) is 6.88. The molecule has 0 saturated carbocycles. The van der Waals surface area contributed by atoms with Crippen LogP contribution >= 0.6 is 0 Å². The number of Topliss-reactive ketones (excluding diaryl/α,β-unsaturated/α-hetero) is 1. The SMILES string of the molecule is Cc1ccc(C(=O)Oc2ccc(C(=O)COC(=O)c3ccc(N4C(=O)[C@@H]5CC=CC[C@H]5C4=O)cc3)cc2)cc1. The molecule has 1 aliphatic heterocycles. The fourth-order valence-corrected chi connectivity index (χ4v) is 4.66. The number of amides is 2. The minimum atomic E-state index is -0.713. The van der Waals surface area contributed by atoms with Gasteiger partial charge in [0.05, 0.1) is 28.7 Å². The van der Waals surface area contributed by atoms with E-state index in [0.717, 1.165) is 5.56 Å². The van der Waals surface area contributed by atoms with Crippen molar-refractivity contribution < 1.29 is 33.4 Å². The third kappa shape index (κ3) is 5.40. The lowest BCUT2D eigenvalue weighted by Crippen LogP contribution is -2.30. The first kappa shape index (κ1) is 25.8. The van der Waals surface area contributed by atoms with Crippen molar-refractivity contribution >= 4 is 35.2 Å². The zero-order valence-electron chi connectivity index (χ0n) is 21.2. The van der Waals surface area contributed by atoms with Gasteiger partial charge in [-0.05, 0) is 80.4 Å². The summed E-state index contributed by atoms with van der Waals surface area (Å²) in [6.07, 6.45) is 4.94. The molecule has 39 heavy (non-hydrogen) atoms. The van der Waals surface area contributed by atoms with Crippen LogP contribution in [0.3, 0.4) is 0 Å². The third-order valence-electron chi connectivity index (χ3n) is 6.88. The van der Waals surface area contributed by atoms with E-state index in [9.17, 15) is 24.0 Å². The maximum atomic E-state index is 12.7. The number of allylic oxidation sites excluding steroid dienone is 2. The number of imide groups is 1. The van der Waals surface area contributed by atoms with Gasteiger partial charge < -0.3 is 9.47 Å². The van der Waals surface area contributed by atoms with Gasteiger partial charge in [-0.15, -0.1) is 0 Å². The summed E-state index contributed by atoms with van der Waals surface area (Å²) in [7, 11) is 0. The molecule has 0 aromatic heterocycles. The van der Waals surface area contributed by atoms with Crippen molar-refractivity contribution in [3.63, 3.8) is 0 Å². The topological polar surface area (TPSA) is 107 Å². The Balaban J connectivity index is 1.15. The molecule has 8 nitrogen and oxygen atoms in total. The highest BCUT2D eigenvalue weighted by Crippen LogP contribution is 2.37. The lowest BCUT2D eigenvalue weighted by molar-refractivity contribution is -0.122. The maximum absolute atomic E-state index is 12.7. The molecule has 1 heterocycles. The molecule has 0 unspecified atom stereocenters. The molecule has 1 saturated heterocycles. The molecule has 0 spiro atoms. The molecule has 0 bridgehead atoms. The fraction of sp³-hybridized carbons (Fsp3) is 0.194. The number of aryl methyl sites for hydroxylation is 1. The largest absolute Gasteiger partial charge is 0.454 e. The Hall–Kier alpha value is -4.85. The standard InChI is InChI=1S/C31H25NO7/c1-19-6-8-22(9-7-19)31(37)39-24-16-12-20(13-17-24)27(33)18-38-30(36)21-10-14-23(15-11-21)32-28(34)25-4-2-3-5-26(25)29(32)35/h2-3,6-17,25-26H,4-5,18H2,1H3/t25-,26-/m1/s1. The van der Waals surface area contributed by atoms with Crippen molar-refractivity contribution in [2.45, 2.75) is 19.8 Å². The molecule has 1 aliphatic carbocycles. The Morgan fingerprint density at radius 2 is 1.23 bits per heavy atom. The average Bonchev–Trinajstić information content (AvgIpc) is 3.22. The molecule has 0 radical (unpaired) electrons. The summed E-state index contributed by atoms with van der Waals surface area (Å²) in [6, 6.07) is 18.9. The van der Waals surface area contributed by atoms with Crippen LogP contribution in [0.1, 0.15) is 49.5 Å². The van der Waals surface area contributed by atoms with E-state index in [1.807, 2.05) is 31.2 Å². The van der Waals surface area contributed by atoms with Gasteiger partial charge >= 0.3 is 11.9 Å². The Kier molecular flexibility index (Phi) is 7.19. The van der Waals surface area contributed by atoms with Crippen molar-refractivity contribution in [2.24, 2.45) is 11.8 Å². The Morgan fingerprint density at radius 1 is 0.718 bits per heavy atom. The minimum Gasteiger partial charge on any atom is -0.454 e. The second-order valence-corrected chi connectivity index (χ2v) is 9.49. The number of rotatable bonds is 7. The highest BCUT2D eigenvalue weighted by molar-refractivity contribution is 6.22. The van der Waals surface area contributed by atoms with E-state index < -0.39 is 24.3 Å². The zero-order chi connectivity index (χ0) is 27.5. The van der Waals surface area contributed by atoms with E-state index in [1.54, 1.807) is 12.1 Å². The molecule has 0 N–H and O–H groups in total. The number of carbonyl (C=O) groups is 5. The van der Waals surface area contributed by atoms with Gasteiger partial charge in [0, 0.05) is 5.56 Å². The first-order chi connectivity index (χ1) is 18.8. The summed E-state index contributed by atoms with van der Waals surface area (Å²) in [4.78, 5) is 63.9. The number of anilines is 1. The van der Waals surface area contributed by atoms with Crippen LogP contribution in [0, 0.1) is 18.8 Å². The minimum absolute atomic E-state index is 0.183. The van der Waals surface area contributed by atoms with Gasteiger partial charge in [-0.2, -0.15) is 0 Å². The maximum Gasteiger partial charge on any atom is 0.343 e. The van der Waals surface area contributed by atoms with E-state index in [-0.39, 0.29) is 40.5 Å². The van der Waals surface area contributed by atoms with Gasteiger partial charge in [-0.25, -0.2) is 9.59 Å². The van der Waals surface area contributed by atoms with Gasteiger partial charge in [-0.1, -0.05) is 29.8 Å². The zero-order valence-corrected chi connectivity index (χ0v) is 21.2. The molecule has 2 amide bonds. The summed E-state index contributed by atoms with van der Waals surface area (Å²) in [5.74, 6) is -2.52. The van der Waals surface area contributed by atoms with Gasteiger partial charge in [0.2, 0.25) is 11.8 Å². The second kappa shape index (κ2) is 10.9. The van der Waals surface area contributed by atoms with Crippen LogP contribution in [0.4, 0.5) is 5.69 Å². The van der Waals surface area contributed by atoms with Crippen molar-refractivity contribution in [1.29, 1.82) is 0 Å². The van der Waals surface area contributed by atoms with Crippen molar-refractivity contribution in [3.05, 3.63) is 107 Å². The molecule has 196 valence electrons. The number of esters is 2. The Bertz CT molecular complexity index is 1440. The number of ether oxygens (including phenoxy) is 2. The monoisotopic (exact) mass is 523 g/mol. The predicted molar refractivity (Wildman–Crippen MR) is 141 cm³/mol. The number of ketones is 1. The van der Waals surface area contributed by atoms with E-state index in [4.69, 9.17) is 9.47 Å². The van der Waals surface area contributed by atoms with Gasteiger partial charge in [-0.3, -0.25) is 19.3 Å². The molecular weight excluding hydrogens is 498 g/mol. The quantitative estimate of drug-likeness (QED) is 0.145. The summed E-state index contributed by atoms with van der Waals surface area (Å²) in [6.45, 7) is 1.44. The lowest BCUT2D eigenvalue weighted by Gasteiger charge is -2.15. The summed E-state index contributed by atoms with van der Waals surface area (Å²) in [5.41, 5.74) is 2.31. The molecule has 3 aromatic carbocycles. The number of fused-ring (bicyclic) bond motifs is 1. The van der Waals surface area contributed by atoms with E-state index in [2.05, 4.69) is 0 Å². The molecule has 2 atom stereocenters. The number of hydrogen-bond donors (Lipinski definition) is 0. The summed E-state index contributed by atoms with van der Waals surface area (Å²) >= 11 is 0. The average molecular weight is 524 g/mol. The normalized spacial score (nSPS) is 18.0. The van der Waals surface area contributed by atoms with E-state index >= 15 is 0 Å². The Morgan fingerprint density at radius 3 is 1.82 bits per heavy atom.